The van der Waals surface area contributed by atoms with E-state index < -0.39 is 12.1 Å². The summed E-state index contributed by atoms with van der Waals surface area (Å²) in [5, 5.41) is 6.14. The molecule has 0 aromatic heterocycles. The first kappa shape index (κ1) is 25.2. The molecule has 196 valence electrons. The summed E-state index contributed by atoms with van der Waals surface area (Å²) in [6, 6.07) is 7.10. The van der Waals surface area contributed by atoms with Crippen molar-refractivity contribution in [1.29, 1.82) is 0 Å². The summed E-state index contributed by atoms with van der Waals surface area (Å²) in [5.74, 6) is -0.359. The summed E-state index contributed by atoms with van der Waals surface area (Å²) in [5.41, 5.74) is 1.65. The number of ketones is 1. The first-order chi connectivity index (χ1) is 17.4. The van der Waals surface area contributed by atoms with Gasteiger partial charge in [0, 0.05) is 50.0 Å². The van der Waals surface area contributed by atoms with E-state index in [2.05, 4.69) is 20.4 Å². The van der Waals surface area contributed by atoms with E-state index in [0.29, 0.717) is 18.5 Å². The third kappa shape index (κ3) is 5.14. The molecule has 0 bridgehead atoms. The molecule has 4 aliphatic rings. The van der Waals surface area contributed by atoms with Crippen LogP contribution in [-0.4, -0.2) is 104 Å². The summed E-state index contributed by atoms with van der Waals surface area (Å²) in [7, 11) is 1.81. The highest BCUT2D eigenvalue weighted by molar-refractivity contribution is 5.99. The molecule has 9 heteroatoms. The van der Waals surface area contributed by atoms with E-state index in [-0.39, 0.29) is 42.3 Å². The highest BCUT2D eigenvalue weighted by Crippen LogP contribution is 2.30. The minimum atomic E-state index is -0.697. The Balaban J connectivity index is 1.23. The van der Waals surface area contributed by atoms with Crippen molar-refractivity contribution in [2.45, 2.75) is 63.4 Å². The molecule has 1 aliphatic carbocycles. The third-order valence-corrected chi connectivity index (χ3v) is 8.02. The number of hydrogen-bond donors (Lipinski definition) is 2. The summed E-state index contributed by atoms with van der Waals surface area (Å²) in [6.07, 6.45) is 2.84. The van der Waals surface area contributed by atoms with E-state index >= 15 is 0 Å². The lowest BCUT2D eigenvalue weighted by Crippen LogP contribution is -2.52. The monoisotopic (exact) mass is 497 g/mol. The van der Waals surface area contributed by atoms with E-state index in [4.69, 9.17) is 4.74 Å². The maximum absolute atomic E-state index is 13.6. The molecule has 1 aromatic rings. The fraction of sp³-hybridized carbons (Fsp3) is 0.667. The second-order valence-electron chi connectivity index (χ2n) is 11.0. The lowest BCUT2D eigenvalue weighted by molar-refractivity contribution is -0.138. The van der Waals surface area contributed by atoms with E-state index in [1.807, 2.05) is 45.2 Å². The number of fused-ring (bicyclic) bond motifs is 1. The number of nitrogens with zero attached hydrogens (tertiary/aromatic N) is 3. The van der Waals surface area contributed by atoms with Crippen LogP contribution in [0.1, 0.15) is 43.5 Å². The molecule has 0 unspecified atom stereocenters. The molecule has 3 heterocycles. The number of rotatable bonds is 8. The number of amides is 2. The Morgan fingerprint density at radius 2 is 1.78 bits per heavy atom. The predicted octanol–water partition coefficient (Wildman–Crippen LogP) is 0.882. The van der Waals surface area contributed by atoms with Crippen LogP contribution >= 0.6 is 0 Å². The quantitative estimate of drug-likeness (QED) is 0.551. The van der Waals surface area contributed by atoms with Crippen molar-refractivity contribution in [3.05, 3.63) is 29.8 Å². The van der Waals surface area contributed by atoms with E-state index in [1.165, 1.54) is 12.8 Å². The third-order valence-electron chi connectivity index (χ3n) is 8.02. The van der Waals surface area contributed by atoms with E-state index in [0.717, 1.165) is 37.9 Å². The van der Waals surface area contributed by atoms with Crippen LogP contribution in [0.25, 0.3) is 0 Å². The minimum absolute atomic E-state index is 0.0283. The Hall–Kier alpha value is -2.49. The molecular weight excluding hydrogens is 458 g/mol. The van der Waals surface area contributed by atoms with Gasteiger partial charge in [0.1, 0.15) is 24.8 Å². The van der Waals surface area contributed by atoms with Gasteiger partial charge in [-0.05, 0) is 56.5 Å². The predicted molar refractivity (Wildman–Crippen MR) is 137 cm³/mol. The summed E-state index contributed by atoms with van der Waals surface area (Å²) in [4.78, 5) is 45.8. The second kappa shape index (κ2) is 10.5. The molecule has 0 radical (unpaired) electrons. The standard InChI is InChI=1S/C27H39N5O4/c1-17(2)14-21(27(35)32-15-22(28-3)25-24(32)23(33)16-36-25)29-26(34)18-4-6-19(7-5-18)30-10-12-31(13-11-30)20-8-9-20/h4-7,17,20-22,24-25,28H,8-16H2,1-3H3,(H,29,34)/t21-,22-,24+,25+/m0/s1. The van der Waals surface area contributed by atoms with Gasteiger partial charge in [0.15, 0.2) is 5.78 Å². The Morgan fingerprint density at radius 1 is 1.08 bits per heavy atom. The van der Waals surface area contributed by atoms with Gasteiger partial charge in [0.25, 0.3) is 5.91 Å². The topological polar surface area (TPSA) is 94.2 Å². The number of benzene rings is 1. The summed E-state index contributed by atoms with van der Waals surface area (Å²) < 4.78 is 5.67. The molecule has 4 atom stereocenters. The SMILES string of the molecule is CN[C@H]1CN(C(=O)[C@H](CC(C)C)NC(=O)c2ccc(N3CCN(C4CC4)CC3)cc2)[C@@H]2C(=O)CO[C@H]12. The highest BCUT2D eigenvalue weighted by atomic mass is 16.5. The zero-order valence-corrected chi connectivity index (χ0v) is 21.6. The van der Waals surface area contributed by atoms with Gasteiger partial charge in [0.2, 0.25) is 5.91 Å². The van der Waals surface area contributed by atoms with E-state index in [1.54, 1.807) is 4.90 Å². The smallest absolute Gasteiger partial charge is 0.251 e. The molecule has 2 N–H and O–H groups in total. The van der Waals surface area contributed by atoms with Gasteiger partial charge in [0.05, 0.1) is 6.04 Å². The average molecular weight is 498 g/mol. The fourth-order valence-electron chi connectivity index (χ4n) is 5.88. The van der Waals surface area contributed by atoms with Crippen LogP contribution in [-0.2, 0) is 14.3 Å². The number of nitrogens with one attached hydrogen (secondary N) is 2. The molecule has 5 rings (SSSR count). The molecule has 2 amide bonds. The molecule has 1 aromatic carbocycles. The molecule has 9 nitrogen and oxygen atoms in total. The molecule has 0 spiro atoms. The van der Waals surface area contributed by atoms with Crippen LogP contribution in [0.3, 0.4) is 0 Å². The molecule has 1 saturated carbocycles. The zero-order valence-electron chi connectivity index (χ0n) is 21.6. The van der Waals surface area contributed by atoms with Crippen LogP contribution in [0.4, 0.5) is 5.69 Å². The van der Waals surface area contributed by atoms with Gasteiger partial charge >= 0.3 is 0 Å². The first-order valence-corrected chi connectivity index (χ1v) is 13.4. The van der Waals surface area contributed by atoms with Gasteiger partial charge in [-0.1, -0.05) is 13.8 Å². The molecule has 4 fully saturated rings. The van der Waals surface area contributed by atoms with Crippen molar-refractivity contribution in [3.63, 3.8) is 0 Å². The lowest BCUT2D eigenvalue weighted by atomic mass is 10.0. The maximum Gasteiger partial charge on any atom is 0.251 e. The molecular formula is C27H39N5O4. The zero-order chi connectivity index (χ0) is 25.4. The van der Waals surface area contributed by atoms with Crippen molar-refractivity contribution in [2.24, 2.45) is 5.92 Å². The Labute approximate surface area is 213 Å². The normalized spacial score (nSPS) is 27.4. The van der Waals surface area contributed by atoms with Crippen LogP contribution in [0.15, 0.2) is 24.3 Å². The summed E-state index contributed by atoms with van der Waals surface area (Å²) in [6.45, 7) is 8.65. The van der Waals surface area contributed by atoms with Crippen LogP contribution in [0, 0.1) is 5.92 Å². The van der Waals surface area contributed by atoms with Crippen LogP contribution in [0.2, 0.25) is 0 Å². The number of piperazine rings is 1. The van der Waals surface area contributed by atoms with Gasteiger partial charge < -0.3 is 25.2 Å². The van der Waals surface area contributed by atoms with Crippen molar-refractivity contribution in [3.8, 4) is 0 Å². The number of ether oxygens (including phenoxy) is 1. The number of Topliss-reactive ketones (excluding diaryl/α,β-unsaturated/α-hetero) is 1. The number of likely N-dealkylation sites (tertiary alicyclic amines) is 1. The van der Waals surface area contributed by atoms with Gasteiger partial charge in [-0.3, -0.25) is 19.3 Å². The van der Waals surface area contributed by atoms with Crippen molar-refractivity contribution in [2.75, 3.05) is 51.3 Å². The minimum Gasteiger partial charge on any atom is -0.369 e. The van der Waals surface area contributed by atoms with Gasteiger partial charge in [-0.25, -0.2) is 0 Å². The van der Waals surface area contributed by atoms with Gasteiger partial charge in [-0.15, -0.1) is 0 Å². The molecule has 3 saturated heterocycles. The highest BCUT2D eigenvalue weighted by Gasteiger charge is 2.52. The Bertz CT molecular complexity index is 971. The van der Waals surface area contributed by atoms with Crippen LogP contribution < -0.4 is 15.5 Å². The average Bonchev–Trinajstić information content (AvgIpc) is 3.57. The Kier molecular flexibility index (Phi) is 7.32. The molecule has 36 heavy (non-hydrogen) atoms. The number of hydrogen-bond acceptors (Lipinski definition) is 7. The van der Waals surface area contributed by atoms with E-state index in [9.17, 15) is 14.4 Å². The van der Waals surface area contributed by atoms with Crippen molar-refractivity contribution < 1.29 is 19.1 Å². The summed E-state index contributed by atoms with van der Waals surface area (Å²) >= 11 is 0. The van der Waals surface area contributed by atoms with Crippen LogP contribution in [0.5, 0.6) is 0 Å². The van der Waals surface area contributed by atoms with Crippen molar-refractivity contribution in [1.82, 2.24) is 20.4 Å². The number of anilines is 1. The maximum atomic E-state index is 13.6. The number of carbonyl (C=O) groups excluding carboxylic acids is 3. The Morgan fingerprint density at radius 3 is 2.39 bits per heavy atom. The number of carbonyl (C=O) groups is 3. The number of likely N-dealkylation sites (N-methyl/N-ethyl adjacent to an activating group) is 1. The van der Waals surface area contributed by atoms with Crippen molar-refractivity contribution >= 4 is 23.3 Å². The lowest BCUT2D eigenvalue weighted by Gasteiger charge is -2.36. The first-order valence-electron chi connectivity index (χ1n) is 13.4. The second-order valence-corrected chi connectivity index (χ2v) is 11.0. The molecule has 3 aliphatic heterocycles. The van der Waals surface area contributed by atoms with Gasteiger partial charge in [-0.2, -0.15) is 0 Å². The largest absolute Gasteiger partial charge is 0.369 e. The fourth-order valence-corrected chi connectivity index (χ4v) is 5.88.